The molecule has 0 aliphatic carbocycles. The molecule has 11 heteroatoms. The van der Waals surface area contributed by atoms with Crippen LogP contribution in [0.15, 0.2) is 94.6 Å². The van der Waals surface area contributed by atoms with Crippen LogP contribution in [0.25, 0.3) is 11.3 Å². The molecule has 1 aromatic heterocycles. The van der Waals surface area contributed by atoms with Crippen molar-refractivity contribution in [2.24, 2.45) is 7.05 Å². The van der Waals surface area contributed by atoms with Gasteiger partial charge >= 0.3 is 0 Å². The van der Waals surface area contributed by atoms with Crippen LogP contribution in [0.3, 0.4) is 0 Å². The Kier molecular flexibility index (Phi) is 7.13. The van der Waals surface area contributed by atoms with Crippen LogP contribution in [-0.4, -0.2) is 42.9 Å². The molecule has 4 aromatic rings. The van der Waals surface area contributed by atoms with E-state index in [2.05, 4.69) is 5.32 Å². The van der Waals surface area contributed by atoms with Crippen molar-refractivity contribution >= 4 is 63.0 Å². The lowest BCUT2D eigenvalue weighted by molar-refractivity contribution is -0.122. The Morgan fingerprint density at radius 2 is 1.50 bits per heavy atom. The number of para-hydroxylation sites is 2. The molecule has 1 saturated heterocycles. The lowest BCUT2D eigenvalue weighted by Crippen LogP contribution is -2.36. The second-order valence-corrected chi connectivity index (χ2v) is 11.5. The summed E-state index contributed by atoms with van der Waals surface area (Å²) in [6.45, 7) is 1.69. The van der Waals surface area contributed by atoms with Gasteiger partial charge < -0.3 is 5.32 Å². The van der Waals surface area contributed by atoms with Crippen LogP contribution in [0.1, 0.15) is 16.8 Å². The molecule has 0 radical (unpaired) electrons. The summed E-state index contributed by atoms with van der Waals surface area (Å²) in [6, 6.07) is 25.6. The summed E-state index contributed by atoms with van der Waals surface area (Å²) in [5, 5.41) is 2.72. The number of hydrogen-bond donors (Lipinski definition) is 1. The van der Waals surface area contributed by atoms with Crippen LogP contribution in [0.4, 0.5) is 11.4 Å². The first kappa shape index (κ1) is 27.4. The summed E-state index contributed by atoms with van der Waals surface area (Å²) < 4.78 is 3.50. The van der Waals surface area contributed by atoms with E-state index < -0.39 is 11.8 Å². The number of carbonyl (C=O) groups is 3. The molecule has 3 heterocycles. The molecule has 3 aromatic carbocycles. The minimum atomic E-state index is -0.540. The minimum absolute atomic E-state index is 0.133. The standard InChI is InChI=1S/C31H25N5O4S2/c1-19-26(29(39)36(33(19)2)21-13-7-4-8-14-21)32-24(37)18-34-23-16-10-9-15-22(23)25(28(34)38)27-30(40)35(31(41)42-27)17-20-11-5-3-6-12-20/h3-16H,17-18H2,1-2H3,(H,32,37)/b27-25-. The predicted octanol–water partition coefficient (Wildman–Crippen LogP) is 4.24. The maximum absolute atomic E-state index is 13.8. The monoisotopic (exact) mass is 595 g/mol. The van der Waals surface area contributed by atoms with Gasteiger partial charge in [0.2, 0.25) is 5.91 Å². The van der Waals surface area contributed by atoms with Gasteiger partial charge in [-0.15, -0.1) is 0 Å². The highest BCUT2D eigenvalue weighted by atomic mass is 32.2. The molecule has 1 fully saturated rings. The molecule has 0 saturated carbocycles. The summed E-state index contributed by atoms with van der Waals surface area (Å²) in [5.74, 6) is -1.36. The Balaban J connectivity index is 1.28. The third-order valence-electron chi connectivity index (χ3n) is 7.30. The molecule has 210 valence electrons. The molecule has 3 amide bonds. The van der Waals surface area contributed by atoms with E-state index in [0.717, 1.165) is 17.3 Å². The van der Waals surface area contributed by atoms with Crippen molar-refractivity contribution in [3.8, 4) is 5.69 Å². The van der Waals surface area contributed by atoms with Crippen LogP contribution in [0.5, 0.6) is 0 Å². The minimum Gasteiger partial charge on any atom is -0.318 e. The smallest absolute Gasteiger partial charge is 0.295 e. The van der Waals surface area contributed by atoms with Gasteiger partial charge in [-0.05, 0) is 30.7 Å². The van der Waals surface area contributed by atoms with Gasteiger partial charge in [0, 0.05) is 12.6 Å². The van der Waals surface area contributed by atoms with Gasteiger partial charge in [-0.1, -0.05) is 90.7 Å². The van der Waals surface area contributed by atoms with Gasteiger partial charge in [0.05, 0.1) is 34.1 Å². The fraction of sp³-hybridized carbons (Fsp3) is 0.129. The van der Waals surface area contributed by atoms with E-state index in [-0.39, 0.29) is 34.2 Å². The maximum Gasteiger partial charge on any atom is 0.295 e. The number of rotatable bonds is 6. The van der Waals surface area contributed by atoms with Gasteiger partial charge in [0.25, 0.3) is 17.4 Å². The maximum atomic E-state index is 13.8. The molecule has 0 spiro atoms. The van der Waals surface area contributed by atoms with Gasteiger partial charge in [0.1, 0.15) is 16.6 Å². The fourth-order valence-corrected chi connectivity index (χ4v) is 6.47. The number of fused-ring (bicyclic) bond motifs is 1. The van der Waals surface area contributed by atoms with Crippen LogP contribution in [0, 0.1) is 6.92 Å². The van der Waals surface area contributed by atoms with E-state index in [1.165, 1.54) is 14.5 Å². The van der Waals surface area contributed by atoms with E-state index in [1.54, 1.807) is 55.1 Å². The molecular weight excluding hydrogens is 571 g/mol. The van der Waals surface area contributed by atoms with Gasteiger partial charge in [-0.2, -0.15) is 0 Å². The number of aromatic nitrogens is 2. The highest BCUT2D eigenvalue weighted by Gasteiger charge is 2.42. The number of thiocarbonyl (C=S) groups is 1. The van der Waals surface area contributed by atoms with Crippen LogP contribution >= 0.6 is 24.0 Å². The average Bonchev–Trinajstić information content (AvgIpc) is 3.51. The van der Waals surface area contributed by atoms with Crippen LogP contribution in [-0.2, 0) is 28.0 Å². The largest absolute Gasteiger partial charge is 0.318 e. The lowest BCUT2D eigenvalue weighted by Gasteiger charge is -2.16. The number of nitrogens with one attached hydrogen (secondary N) is 1. The number of amides is 3. The third kappa shape index (κ3) is 4.66. The first-order valence-corrected chi connectivity index (χ1v) is 14.4. The number of benzene rings is 3. The summed E-state index contributed by atoms with van der Waals surface area (Å²) in [4.78, 5) is 57.0. The summed E-state index contributed by atoms with van der Waals surface area (Å²) in [7, 11) is 1.74. The number of hydrogen-bond acceptors (Lipinski definition) is 6. The first-order valence-electron chi connectivity index (χ1n) is 13.1. The fourth-order valence-electron chi connectivity index (χ4n) is 5.14. The molecule has 9 nitrogen and oxygen atoms in total. The number of thioether (sulfide) groups is 1. The Hall–Kier alpha value is -4.74. The zero-order valence-electron chi connectivity index (χ0n) is 22.7. The predicted molar refractivity (Wildman–Crippen MR) is 167 cm³/mol. The van der Waals surface area contributed by atoms with Crippen LogP contribution in [0.2, 0.25) is 0 Å². The highest BCUT2D eigenvalue weighted by molar-refractivity contribution is 8.26. The Labute approximate surface area is 251 Å². The topological polar surface area (TPSA) is 96.7 Å². The summed E-state index contributed by atoms with van der Waals surface area (Å²) in [6.07, 6.45) is 0. The third-order valence-corrected chi connectivity index (χ3v) is 8.75. The molecule has 0 bridgehead atoms. The van der Waals surface area contributed by atoms with Crippen molar-refractivity contribution in [2.45, 2.75) is 13.5 Å². The van der Waals surface area contributed by atoms with Crippen molar-refractivity contribution in [2.75, 3.05) is 16.8 Å². The Morgan fingerprint density at radius 3 is 2.21 bits per heavy atom. The molecule has 6 rings (SSSR count). The van der Waals surface area contributed by atoms with Crippen molar-refractivity contribution in [3.63, 3.8) is 0 Å². The van der Waals surface area contributed by atoms with E-state index in [0.29, 0.717) is 33.5 Å². The highest BCUT2D eigenvalue weighted by Crippen LogP contribution is 2.44. The normalized spacial score (nSPS) is 16.4. The van der Waals surface area contributed by atoms with Gasteiger partial charge in [-0.25, -0.2) is 4.68 Å². The van der Waals surface area contributed by atoms with Crippen molar-refractivity contribution in [1.29, 1.82) is 0 Å². The summed E-state index contributed by atoms with van der Waals surface area (Å²) >= 11 is 6.61. The van der Waals surface area contributed by atoms with Gasteiger partial charge in [-0.3, -0.25) is 33.7 Å². The second kappa shape index (κ2) is 10.9. The molecule has 42 heavy (non-hydrogen) atoms. The Morgan fingerprint density at radius 1 is 0.857 bits per heavy atom. The number of nitrogens with zero attached hydrogens (tertiary/aromatic N) is 4. The van der Waals surface area contributed by atoms with E-state index in [1.807, 2.05) is 48.5 Å². The van der Waals surface area contributed by atoms with Crippen LogP contribution < -0.4 is 15.8 Å². The molecule has 1 N–H and O–H groups in total. The van der Waals surface area contributed by atoms with E-state index >= 15 is 0 Å². The van der Waals surface area contributed by atoms with Crippen molar-refractivity contribution in [1.82, 2.24) is 14.3 Å². The molecule has 2 aliphatic heterocycles. The van der Waals surface area contributed by atoms with Crippen molar-refractivity contribution in [3.05, 3.63) is 117 Å². The Bertz CT molecular complexity index is 1860. The molecule has 0 unspecified atom stereocenters. The second-order valence-electron chi connectivity index (χ2n) is 9.84. The first-order chi connectivity index (χ1) is 20.3. The quantitative estimate of drug-likeness (QED) is 0.265. The molecule has 2 aliphatic rings. The SMILES string of the molecule is Cc1c(NC(=O)CN2C(=O)/C(=C3\SC(=S)N(Cc4ccccc4)C3=O)c3ccccc32)c(=O)n(-c2ccccc2)n1C. The van der Waals surface area contributed by atoms with E-state index in [9.17, 15) is 19.2 Å². The number of anilines is 2. The summed E-state index contributed by atoms with van der Waals surface area (Å²) in [5.41, 5.74) is 3.16. The lowest BCUT2D eigenvalue weighted by atomic mass is 10.1. The zero-order chi connectivity index (χ0) is 29.5. The van der Waals surface area contributed by atoms with Gasteiger partial charge in [0.15, 0.2) is 0 Å². The van der Waals surface area contributed by atoms with Crippen molar-refractivity contribution < 1.29 is 14.4 Å². The molecular formula is C31H25N5O4S2. The average molecular weight is 596 g/mol. The van der Waals surface area contributed by atoms with E-state index in [4.69, 9.17) is 12.2 Å². The number of carbonyl (C=O) groups excluding carboxylic acids is 3. The zero-order valence-corrected chi connectivity index (χ0v) is 24.4. The molecule has 0 atom stereocenters.